The van der Waals surface area contributed by atoms with Gasteiger partial charge in [-0.15, -0.1) is 17.9 Å². The van der Waals surface area contributed by atoms with Crippen LogP contribution in [-0.2, 0) is 5.60 Å². The highest BCUT2D eigenvalue weighted by Gasteiger charge is 2.21. The molecule has 1 nitrogen and oxygen atoms in total. The average Bonchev–Trinajstić information content (AvgIpc) is 2.37. The van der Waals surface area contributed by atoms with Gasteiger partial charge in [-0.05, 0) is 24.8 Å². The summed E-state index contributed by atoms with van der Waals surface area (Å²) in [6.45, 7) is 5.41. The minimum Gasteiger partial charge on any atom is -0.384 e. The molecule has 1 unspecified atom stereocenters. The van der Waals surface area contributed by atoms with Crippen molar-refractivity contribution >= 4 is 11.3 Å². The van der Waals surface area contributed by atoms with Crippen molar-refractivity contribution in [2.75, 3.05) is 0 Å². The molecular weight excluding hydrogens is 156 g/mol. The van der Waals surface area contributed by atoms with Gasteiger partial charge in [0.05, 0.1) is 5.60 Å². The van der Waals surface area contributed by atoms with E-state index in [1.165, 1.54) is 0 Å². The molecule has 0 fully saturated rings. The van der Waals surface area contributed by atoms with Gasteiger partial charge in [0.15, 0.2) is 0 Å². The van der Waals surface area contributed by atoms with Crippen LogP contribution in [0.1, 0.15) is 18.2 Å². The van der Waals surface area contributed by atoms with E-state index >= 15 is 0 Å². The van der Waals surface area contributed by atoms with E-state index in [0.717, 1.165) is 4.88 Å². The molecule has 11 heavy (non-hydrogen) atoms. The van der Waals surface area contributed by atoms with E-state index in [1.807, 2.05) is 17.5 Å². The second-order valence-corrected chi connectivity index (χ2v) is 3.69. The van der Waals surface area contributed by atoms with Gasteiger partial charge in [0, 0.05) is 4.88 Å². The van der Waals surface area contributed by atoms with E-state index in [0.29, 0.717) is 6.42 Å². The predicted molar refractivity (Wildman–Crippen MR) is 48.7 cm³/mol. The third kappa shape index (κ3) is 1.91. The number of aliphatic hydroxyl groups is 1. The minimum atomic E-state index is -0.726. The maximum atomic E-state index is 9.81. The van der Waals surface area contributed by atoms with Gasteiger partial charge >= 0.3 is 0 Å². The third-order valence-corrected chi connectivity index (χ3v) is 2.72. The van der Waals surface area contributed by atoms with Gasteiger partial charge in [-0.25, -0.2) is 0 Å². The predicted octanol–water partition coefficient (Wildman–Crippen LogP) is 2.53. The van der Waals surface area contributed by atoms with Crippen LogP contribution in [0.3, 0.4) is 0 Å². The Bertz CT molecular complexity index is 224. The Balaban J connectivity index is 2.81. The van der Waals surface area contributed by atoms with E-state index in [4.69, 9.17) is 0 Å². The molecular formula is C9H12OS. The second-order valence-electron chi connectivity index (χ2n) is 2.74. The number of hydrogen-bond donors (Lipinski definition) is 1. The summed E-state index contributed by atoms with van der Waals surface area (Å²) in [5, 5.41) is 11.8. The van der Waals surface area contributed by atoms with E-state index in [-0.39, 0.29) is 0 Å². The summed E-state index contributed by atoms with van der Waals surface area (Å²) < 4.78 is 0. The van der Waals surface area contributed by atoms with Gasteiger partial charge in [-0.2, -0.15) is 0 Å². The van der Waals surface area contributed by atoms with Crippen LogP contribution in [-0.4, -0.2) is 5.11 Å². The zero-order valence-corrected chi connectivity index (χ0v) is 7.40. The van der Waals surface area contributed by atoms with Gasteiger partial charge in [0.1, 0.15) is 0 Å². The van der Waals surface area contributed by atoms with Crippen molar-refractivity contribution in [3.63, 3.8) is 0 Å². The first kappa shape index (κ1) is 8.50. The fourth-order valence-corrected chi connectivity index (χ4v) is 1.76. The van der Waals surface area contributed by atoms with E-state index < -0.39 is 5.60 Å². The molecule has 60 valence electrons. The van der Waals surface area contributed by atoms with Gasteiger partial charge in [0.25, 0.3) is 0 Å². The van der Waals surface area contributed by atoms with Crippen LogP contribution in [0.15, 0.2) is 30.2 Å². The van der Waals surface area contributed by atoms with Crippen molar-refractivity contribution in [1.29, 1.82) is 0 Å². The van der Waals surface area contributed by atoms with Gasteiger partial charge in [-0.1, -0.05) is 12.1 Å². The molecule has 0 spiro atoms. The van der Waals surface area contributed by atoms with E-state index in [2.05, 4.69) is 6.58 Å². The highest BCUT2D eigenvalue weighted by atomic mass is 32.1. The first-order valence-corrected chi connectivity index (χ1v) is 4.42. The maximum Gasteiger partial charge on any atom is 0.0993 e. The lowest BCUT2D eigenvalue weighted by atomic mass is 10.0. The first-order valence-electron chi connectivity index (χ1n) is 3.54. The smallest absolute Gasteiger partial charge is 0.0993 e. The molecule has 0 bridgehead atoms. The summed E-state index contributed by atoms with van der Waals surface area (Å²) in [7, 11) is 0. The largest absolute Gasteiger partial charge is 0.384 e. The molecule has 2 heteroatoms. The molecule has 1 aromatic heterocycles. The minimum absolute atomic E-state index is 0.605. The van der Waals surface area contributed by atoms with Crippen LogP contribution in [0.4, 0.5) is 0 Å². The zero-order valence-electron chi connectivity index (χ0n) is 6.58. The number of hydrogen-bond acceptors (Lipinski definition) is 2. The summed E-state index contributed by atoms with van der Waals surface area (Å²) in [6, 6.07) is 3.88. The van der Waals surface area contributed by atoms with Gasteiger partial charge in [0.2, 0.25) is 0 Å². The SMILES string of the molecule is C=CCC(C)(O)c1cccs1. The van der Waals surface area contributed by atoms with Gasteiger partial charge in [-0.3, -0.25) is 0 Å². The maximum absolute atomic E-state index is 9.81. The molecule has 0 radical (unpaired) electrons. The molecule has 0 aliphatic heterocycles. The van der Waals surface area contributed by atoms with Crippen molar-refractivity contribution in [3.8, 4) is 0 Å². The number of thiophene rings is 1. The second kappa shape index (κ2) is 3.20. The molecule has 0 aliphatic rings. The Morgan fingerprint density at radius 2 is 2.55 bits per heavy atom. The molecule has 1 rings (SSSR count). The molecule has 1 aromatic rings. The van der Waals surface area contributed by atoms with Crippen molar-refractivity contribution in [1.82, 2.24) is 0 Å². The zero-order chi connectivity index (χ0) is 8.32. The van der Waals surface area contributed by atoms with Crippen molar-refractivity contribution < 1.29 is 5.11 Å². The molecule has 1 N–H and O–H groups in total. The first-order chi connectivity index (χ1) is 5.17. The van der Waals surface area contributed by atoms with Crippen LogP contribution in [0.2, 0.25) is 0 Å². The molecule has 0 saturated carbocycles. The van der Waals surface area contributed by atoms with Crippen LogP contribution >= 0.6 is 11.3 Å². The summed E-state index contributed by atoms with van der Waals surface area (Å²) in [5.41, 5.74) is -0.726. The molecule has 1 heterocycles. The highest BCUT2D eigenvalue weighted by molar-refractivity contribution is 7.10. The molecule has 0 aliphatic carbocycles. The Labute approximate surface area is 71.0 Å². The number of rotatable bonds is 3. The molecule has 1 atom stereocenters. The van der Waals surface area contributed by atoms with E-state index in [9.17, 15) is 5.11 Å². The summed E-state index contributed by atoms with van der Waals surface area (Å²) in [5.74, 6) is 0. The highest BCUT2D eigenvalue weighted by Crippen LogP contribution is 2.28. The van der Waals surface area contributed by atoms with Crippen molar-refractivity contribution in [3.05, 3.63) is 35.0 Å². The summed E-state index contributed by atoms with van der Waals surface area (Å²) in [4.78, 5) is 0.998. The molecule has 0 aromatic carbocycles. The Morgan fingerprint density at radius 3 is 3.00 bits per heavy atom. The lowest BCUT2D eigenvalue weighted by molar-refractivity contribution is 0.0645. The third-order valence-electron chi connectivity index (χ3n) is 1.59. The summed E-state index contributed by atoms with van der Waals surface area (Å²) in [6.07, 6.45) is 2.34. The van der Waals surface area contributed by atoms with Gasteiger partial charge < -0.3 is 5.11 Å². The monoisotopic (exact) mass is 168 g/mol. The Kier molecular flexibility index (Phi) is 2.47. The fraction of sp³-hybridized carbons (Fsp3) is 0.333. The normalized spacial score (nSPS) is 15.8. The van der Waals surface area contributed by atoms with Crippen LogP contribution in [0.5, 0.6) is 0 Å². The standard InChI is InChI=1S/C9H12OS/c1-3-6-9(2,10)8-5-4-7-11-8/h3-5,7,10H,1,6H2,2H3. The van der Waals surface area contributed by atoms with Crippen LogP contribution in [0, 0.1) is 0 Å². The van der Waals surface area contributed by atoms with Crippen LogP contribution < -0.4 is 0 Å². The molecule has 0 amide bonds. The van der Waals surface area contributed by atoms with Crippen molar-refractivity contribution in [2.45, 2.75) is 18.9 Å². The van der Waals surface area contributed by atoms with Crippen molar-refractivity contribution in [2.24, 2.45) is 0 Å². The Morgan fingerprint density at radius 1 is 1.82 bits per heavy atom. The quantitative estimate of drug-likeness (QED) is 0.688. The Hall–Kier alpha value is -0.600. The lowest BCUT2D eigenvalue weighted by Gasteiger charge is -2.19. The fourth-order valence-electron chi connectivity index (χ4n) is 0.967. The average molecular weight is 168 g/mol. The summed E-state index contributed by atoms with van der Waals surface area (Å²) >= 11 is 1.57. The molecule has 0 saturated heterocycles. The van der Waals surface area contributed by atoms with Crippen LogP contribution in [0.25, 0.3) is 0 Å². The topological polar surface area (TPSA) is 20.2 Å². The lowest BCUT2D eigenvalue weighted by Crippen LogP contribution is -2.17. The van der Waals surface area contributed by atoms with E-state index in [1.54, 1.807) is 24.3 Å².